The first kappa shape index (κ1) is 21.9. The van der Waals surface area contributed by atoms with Gasteiger partial charge >= 0.3 is 0 Å². The molecule has 0 radical (unpaired) electrons. The maximum absolute atomic E-state index is 5.59. The molecule has 0 aliphatic rings. The number of aryl methyl sites for hydroxylation is 2. The van der Waals surface area contributed by atoms with Crippen LogP contribution in [0.25, 0.3) is 11.5 Å². The van der Waals surface area contributed by atoms with Gasteiger partial charge in [-0.1, -0.05) is 17.7 Å². The standard InChI is InChI=1S/C20H26N6O.HI/c1-3-21-20(22-10-4-12-26-13-5-11-24-26)23-14-18-15-27-19(25-18)17-8-6-16(2)7-9-17;/h5-9,11,13,15H,3-4,10,12,14H2,1-2H3,(H2,21,22,23);1H. The van der Waals surface area contributed by atoms with Crippen LogP contribution in [0.15, 0.2) is 58.4 Å². The van der Waals surface area contributed by atoms with E-state index in [0.717, 1.165) is 43.3 Å². The molecule has 7 nitrogen and oxygen atoms in total. The first-order valence-electron chi connectivity index (χ1n) is 9.25. The maximum Gasteiger partial charge on any atom is 0.226 e. The predicted molar refractivity (Wildman–Crippen MR) is 122 cm³/mol. The predicted octanol–water partition coefficient (Wildman–Crippen LogP) is 3.61. The Labute approximate surface area is 182 Å². The van der Waals surface area contributed by atoms with Gasteiger partial charge in [-0.15, -0.1) is 24.0 Å². The Balaban J connectivity index is 0.00000280. The Bertz CT molecular complexity index is 842. The molecule has 2 N–H and O–H groups in total. The smallest absolute Gasteiger partial charge is 0.226 e. The average molecular weight is 494 g/mol. The van der Waals surface area contributed by atoms with Crippen molar-refractivity contribution >= 4 is 29.9 Å². The van der Waals surface area contributed by atoms with Crippen molar-refractivity contribution in [1.29, 1.82) is 0 Å². The van der Waals surface area contributed by atoms with Crippen molar-refractivity contribution in [3.63, 3.8) is 0 Å². The first-order chi connectivity index (χ1) is 13.2. The third-order valence-electron chi connectivity index (χ3n) is 4.01. The third kappa shape index (κ3) is 6.66. The summed E-state index contributed by atoms with van der Waals surface area (Å²) in [6.07, 6.45) is 6.39. The topological polar surface area (TPSA) is 80.3 Å². The molecule has 8 heteroatoms. The van der Waals surface area contributed by atoms with Gasteiger partial charge in [-0.2, -0.15) is 5.10 Å². The summed E-state index contributed by atoms with van der Waals surface area (Å²) in [6.45, 7) is 7.07. The van der Waals surface area contributed by atoms with E-state index in [2.05, 4.69) is 32.6 Å². The normalized spacial score (nSPS) is 11.1. The van der Waals surface area contributed by atoms with Crippen molar-refractivity contribution in [1.82, 2.24) is 25.4 Å². The van der Waals surface area contributed by atoms with E-state index in [1.807, 2.05) is 48.1 Å². The highest BCUT2D eigenvalue weighted by Gasteiger charge is 2.06. The van der Waals surface area contributed by atoms with Crippen LogP contribution in [0.4, 0.5) is 0 Å². The van der Waals surface area contributed by atoms with Gasteiger partial charge in [0, 0.05) is 37.6 Å². The van der Waals surface area contributed by atoms with Crippen molar-refractivity contribution in [3.8, 4) is 11.5 Å². The van der Waals surface area contributed by atoms with Crippen molar-refractivity contribution < 1.29 is 4.42 Å². The minimum Gasteiger partial charge on any atom is -0.444 e. The van der Waals surface area contributed by atoms with Crippen LogP contribution in [0.3, 0.4) is 0 Å². The second-order valence-electron chi connectivity index (χ2n) is 6.25. The molecule has 0 amide bonds. The second kappa shape index (κ2) is 11.5. The van der Waals surface area contributed by atoms with Crippen molar-refractivity contribution in [2.24, 2.45) is 4.99 Å². The summed E-state index contributed by atoms with van der Waals surface area (Å²) >= 11 is 0. The molecule has 0 unspecified atom stereocenters. The zero-order chi connectivity index (χ0) is 18.9. The Kier molecular flexibility index (Phi) is 8.99. The van der Waals surface area contributed by atoms with Gasteiger partial charge in [0.2, 0.25) is 5.89 Å². The fourth-order valence-electron chi connectivity index (χ4n) is 2.59. The average Bonchev–Trinajstić information content (AvgIpc) is 3.36. The van der Waals surface area contributed by atoms with E-state index in [0.29, 0.717) is 12.4 Å². The number of halogens is 1. The third-order valence-corrected chi connectivity index (χ3v) is 4.01. The number of nitrogens with one attached hydrogen (secondary N) is 2. The molecule has 150 valence electrons. The highest BCUT2D eigenvalue weighted by Crippen LogP contribution is 2.19. The van der Waals surface area contributed by atoms with E-state index in [1.165, 1.54) is 5.56 Å². The van der Waals surface area contributed by atoms with Crippen LogP contribution in [0.5, 0.6) is 0 Å². The quantitative estimate of drug-likeness (QED) is 0.217. The van der Waals surface area contributed by atoms with E-state index < -0.39 is 0 Å². The maximum atomic E-state index is 5.59. The SMILES string of the molecule is CCNC(=NCc1coc(-c2ccc(C)cc2)n1)NCCCn1cccn1.I. The lowest BCUT2D eigenvalue weighted by Crippen LogP contribution is -2.38. The monoisotopic (exact) mass is 494 g/mol. The van der Waals surface area contributed by atoms with Crippen molar-refractivity contribution in [2.45, 2.75) is 33.4 Å². The number of hydrogen-bond acceptors (Lipinski definition) is 4. The molecule has 2 aromatic heterocycles. The Hall–Kier alpha value is -2.36. The molecular formula is C20H27IN6O. The van der Waals surface area contributed by atoms with E-state index in [4.69, 9.17) is 4.42 Å². The lowest BCUT2D eigenvalue weighted by atomic mass is 10.1. The molecule has 3 rings (SSSR count). The second-order valence-corrected chi connectivity index (χ2v) is 6.25. The van der Waals surface area contributed by atoms with E-state index in [9.17, 15) is 0 Å². The summed E-state index contributed by atoms with van der Waals surface area (Å²) < 4.78 is 7.52. The van der Waals surface area contributed by atoms with Gasteiger partial charge in [0.05, 0.1) is 6.54 Å². The number of hydrogen-bond donors (Lipinski definition) is 2. The zero-order valence-electron chi connectivity index (χ0n) is 16.3. The lowest BCUT2D eigenvalue weighted by Gasteiger charge is -2.10. The molecule has 1 aromatic carbocycles. The number of rotatable bonds is 8. The highest BCUT2D eigenvalue weighted by atomic mass is 127. The van der Waals surface area contributed by atoms with Crippen molar-refractivity contribution in [2.75, 3.05) is 13.1 Å². The Morgan fingerprint density at radius 1 is 1.21 bits per heavy atom. The number of aromatic nitrogens is 3. The van der Waals surface area contributed by atoms with Crippen LogP contribution in [-0.2, 0) is 13.1 Å². The highest BCUT2D eigenvalue weighted by molar-refractivity contribution is 14.0. The fraction of sp³-hybridized carbons (Fsp3) is 0.350. The minimum atomic E-state index is 0. The summed E-state index contributed by atoms with van der Waals surface area (Å²) in [5, 5.41) is 10.8. The number of aliphatic imine (C=N–C) groups is 1. The molecule has 0 aliphatic carbocycles. The first-order valence-corrected chi connectivity index (χ1v) is 9.25. The molecule has 28 heavy (non-hydrogen) atoms. The van der Waals surface area contributed by atoms with Crippen LogP contribution in [0.1, 0.15) is 24.6 Å². The number of benzene rings is 1. The summed E-state index contributed by atoms with van der Waals surface area (Å²) in [5.41, 5.74) is 2.99. The van der Waals surface area contributed by atoms with Gasteiger partial charge in [0.25, 0.3) is 0 Å². The van der Waals surface area contributed by atoms with Gasteiger partial charge in [0.15, 0.2) is 5.96 Å². The largest absolute Gasteiger partial charge is 0.444 e. The summed E-state index contributed by atoms with van der Waals surface area (Å²) in [7, 11) is 0. The van der Waals surface area contributed by atoms with Crippen LogP contribution in [-0.4, -0.2) is 33.8 Å². The van der Waals surface area contributed by atoms with Crippen LogP contribution in [0, 0.1) is 6.92 Å². The Morgan fingerprint density at radius 2 is 2.04 bits per heavy atom. The fourth-order valence-corrected chi connectivity index (χ4v) is 2.59. The number of nitrogens with zero attached hydrogens (tertiary/aromatic N) is 4. The van der Waals surface area contributed by atoms with Crippen LogP contribution < -0.4 is 10.6 Å². The number of oxazole rings is 1. The molecule has 0 aliphatic heterocycles. The Morgan fingerprint density at radius 3 is 2.75 bits per heavy atom. The minimum absolute atomic E-state index is 0. The van der Waals surface area contributed by atoms with Crippen molar-refractivity contribution in [3.05, 3.63) is 60.2 Å². The summed E-state index contributed by atoms with van der Waals surface area (Å²) in [6, 6.07) is 10.1. The zero-order valence-corrected chi connectivity index (χ0v) is 18.6. The van der Waals surface area contributed by atoms with E-state index in [1.54, 1.807) is 12.5 Å². The molecule has 0 saturated heterocycles. The molecule has 0 fully saturated rings. The molecule has 0 atom stereocenters. The molecular weight excluding hydrogens is 467 g/mol. The van der Waals surface area contributed by atoms with Gasteiger partial charge < -0.3 is 15.1 Å². The lowest BCUT2D eigenvalue weighted by molar-refractivity contribution is 0.569. The molecule has 3 aromatic rings. The van der Waals surface area contributed by atoms with E-state index in [-0.39, 0.29) is 24.0 Å². The van der Waals surface area contributed by atoms with Crippen LogP contribution >= 0.6 is 24.0 Å². The summed E-state index contributed by atoms with van der Waals surface area (Å²) in [5.74, 6) is 1.40. The van der Waals surface area contributed by atoms with Gasteiger partial charge in [-0.3, -0.25) is 4.68 Å². The molecule has 0 bridgehead atoms. The molecule has 2 heterocycles. The molecule has 0 saturated carbocycles. The van der Waals surface area contributed by atoms with Gasteiger partial charge in [-0.05, 0) is 38.5 Å². The van der Waals surface area contributed by atoms with E-state index >= 15 is 0 Å². The van der Waals surface area contributed by atoms with Gasteiger partial charge in [-0.25, -0.2) is 9.98 Å². The summed E-state index contributed by atoms with van der Waals surface area (Å²) in [4.78, 5) is 9.12. The van der Waals surface area contributed by atoms with Gasteiger partial charge in [0.1, 0.15) is 12.0 Å². The van der Waals surface area contributed by atoms with Crippen LogP contribution in [0.2, 0.25) is 0 Å². The number of guanidine groups is 1. The molecule has 0 spiro atoms.